The van der Waals surface area contributed by atoms with E-state index in [0.29, 0.717) is 23.5 Å². The van der Waals surface area contributed by atoms with Gasteiger partial charge in [0.05, 0.1) is 22.1 Å². The molecule has 0 unspecified atom stereocenters. The number of nitrogens with one attached hydrogen (secondary N) is 2. The first kappa shape index (κ1) is 28.5. The van der Waals surface area contributed by atoms with Crippen molar-refractivity contribution in [1.82, 2.24) is 19.9 Å². The van der Waals surface area contributed by atoms with Gasteiger partial charge in [0, 0.05) is 34.3 Å². The van der Waals surface area contributed by atoms with Gasteiger partial charge in [-0.25, -0.2) is 9.97 Å². The Morgan fingerprint density at radius 1 is 0.622 bits per heavy atom. The van der Waals surface area contributed by atoms with E-state index in [-0.39, 0.29) is 12.1 Å². The zero-order chi connectivity index (χ0) is 31.2. The number of aromatic amines is 2. The molecule has 0 radical (unpaired) electrons. The van der Waals surface area contributed by atoms with E-state index in [1.165, 1.54) is 11.1 Å². The summed E-state index contributed by atoms with van der Waals surface area (Å²) >= 11 is 0. The maximum atomic E-state index is 6.19. The van der Waals surface area contributed by atoms with Gasteiger partial charge in [-0.3, -0.25) is 9.98 Å². The van der Waals surface area contributed by atoms with Gasteiger partial charge in [0.2, 0.25) is 0 Å². The van der Waals surface area contributed by atoms with Crippen LogP contribution in [-0.2, 0) is 0 Å². The van der Waals surface area contributed by atoms with Crippen LogP contribution in [0.1, 0.15) is 68.2 Å². The summed E-state index contributed by atoms with van der Waals surface area (Å²) in [5.41, 5.74) is 22.7. The zero-order valence-corrected chi connectivity index (χ0v) is 26.0. The molecule has 8 heteroatoms. The fourth-order valence-corrected chi connectivity index (χ4v) is 6.02. The average molecular weight is 595 g/mol. The van der Waals surface area contributed by atoms with E-state index in [1.54, 1.807) is 0 Å². The molecule has 0 saturated heterocycles. The molecule has 6 aromatic rings. The van der Waals surface area contributed by atoms with Crippen molar-refractivity contribution in [2.45, 2.75) is 58.0 Å². The standard InChI is InChI=1S/C37H38N8/c1-20(2)40-34(38)26-13-15-30-32(17-26)44-36(42-30)24-9-5-22(6-10-24)28-19-29(28)23-7-11-25(12-8-23)37-43-31-16-14-27(18-33(31)45-37)35(39)41-21(3)4/h5-18,20-21,28-29H,19H2,1-4H3,(H2,38,40)(H2,39,41)(H,42,44)(H,43,45)/t28-,29-/m0/s1. The van der Waals surface area contributed by atoms with Gasteiger partial charge in [0.1, 0.15) is 23.3 Å². The molecule has 1 aliphatic carbocycles. The predicted molar refractivity (Wildman–Crippen MR) is 185 cm³/mol. The Kier molecular flexibility index (Phi) is 7.20. The molecule has 1 fully saturated rings. The average Bonchev–Trinajstić information content (AvgIpc) is 3.52. The number of benzene rings is 4. The molecular formula is C37H38N8. The number of fused-ring (bicyclic) bond motifs is 2. The third-order valence-electron chi connectivity index (χ3n) is 8.36. The number of aliphatic imine (C=N–C) groups is 2. The van der Waals surface area contributed by atoms with Gasteiger partial charge in [-0.1, -0.05) is 48.5 Å². The van der Waals surface area contributed by atoms with Crippen LogP contribution in [0.3, 0.4) is 0 Å². The normalized spacial score (nSPS) is 17.2. The third kappa shape index (κ3) is 5.83. The SMILES string of the molecule is CC(C)N=C(N)c1ccc2nc(-c3ccc([C@@H]4C[C@H]4c4ccc(-c5nc6ccc(C(N)=NC(C)C)cc6[nH]5)cc4)cc3)[nH]c2c1. The number of hydrogen-bond donors (Lipinski definition) is 4. The molecule has 8 nitrogen and oxygen atoms in total. The van der Waals surface area contributed by atoms with Crippen LogP contribution in [0.15, 0.2) is 94.9 Å². The molecule has 7 rings (SSSR count). The van der Waals surface area contributed by atoms with E-state index in [2.05, 4.69) is 68.5 Å². The van der Waals surface area contributed by atoms with Crippen molar-refractivity contribution >= 4 is 33.7 Å². The Balaban J connectivity index is 1.03. The topological polar surface area (TPSA) is 134 Å². The molecule has 6 N–H and O–H groups in total. The van der Waals surface area contributed by atoms with Crippen molar-refractivity contribution in [2.75, 3.05) is 0 Å². The lowest BCUT2D eigenvalue weighted by Crippen LogP contribution is -2.15. The van der Waals surface area contributed by atoms with Crippen LogP contribution in [0.4, 0.5) is 0 Å². The summed E-state index contributed by atoms with van der Waals surface area (Å²) < 4.78 is 0. The Morgan fingerprint density at radius 3 is 1.40 bits per heavy atom. The highest BCUT2D eigenvalue weighted by atomic mass is 14.9. The highest BCUT2D eigenvalue weighted by Crippen LogP contribution is 2.54. The fourth-order valence-electron chi connectivity index (χ4n) is 6.02. The Bertz CT molecular complexity index is 1910. The highest BCUT2D eigenvalue weighted by molar-refractivity contribution is 6.01. The van der Waals surface area contributed by atoms with Gasteiger partial charge in [0.25, 0.3) is 0 Å². The number of aromatic nitrogens is 4. The summed E-state index contributed by atoms with van der Waals surface area (Å²) in [5.74, 6) is 3.84. The van der Waals surface area contributed by atoms with Crippen molar-refractivity contribution < 1.29 is 0 Å². The van der Waals surface area contributed by atoms with Crippen molar-refractivity contribution in [3.63, 3.8) is 0 Å². The van der Waals surface area contributed by atoms with Gasteiger partial charge in [0.15, 0.2) is 0 Å². The Labute approximate surface area is 262 Å². The lowest BCUT2D eigenvalue weighted by atomic mass is 10.0. The number of imidazole rings is 2. The lowest BCUT2D eigenvalue weighted by molar-refractivity contribution is 0.834. The van der Waals surface area contributed by atoms with Crippen molar-refractivity contribution in [3.05, 3.63) is 107 Å². The number of H-pyrrole nitrogens is 2. The molecular weight excluding hydrogens is 556 g/mol. The van der Waals surface area contributed by atoms with Crippen molar-refractivity contribution in [2.24, 2.45) is 21.5 Å². The maximum Gasteiger partial charge on any atom is 0.138 e. The number of rotatable bonds is 8. The van der Waals surface area contributed by atoms with Crippen molar-refractivity contribution in [3.8, 4) is 22.8 Å². The van der Waals surface area contributed by atoms with Crippen LogP contribution < -0.4 is 11.5 Å². The second-order valence-electron chi connectivity index (χ2n) is 12.5. The monoisotopic (exact) mass is 594 g/mol. The smallest absolute Gasteiger partial charge is 0.138 e. The van der Waals surface area contributed by atoms with Gasteiger partial charge in [-0.05, 0) is 93.5 Å². The third-order valence-corrected chi connectivity index (χ3v) is 8.36. The first-order valence-electron chi connectivity index (χ1n) is 15.6. The van der Waals surface area contributed by atoms with E-state index in [1.807, 2.05) is 64.1 Å². The molecule has 0 spiro atoms. The first-order valence-corrected chi connectivity index (χ1v) is 15.6. The largest absolute Gasteiger partial charge is 0.383 e. The Morgan fingerprint density at radius 2 is 1.02 bits per heavy atom. The summed E-state index contributed by atoms with van der Waals surface area (Å²) in [6.07, 6.45) is 1.15. The lowest BCUT2D eigenvalue weighted by Gasteiger charge is -2.04. The summed E-state index contributed by atoms with van der Waals surface area (Å²) in [6.45, 7) is 8.07. The van der Waals surface area contributed by atoms with Crippen LogP contribution in [-0.4, -0.2) is 43.7 Å². The molecule has 2 atom stereocenters. The minimum atomic E-state index is 0.148. The number of hydrogen-bond acceptors (Lipinski definition) is 4. The van der Waals surface area contributed by atoms with Crippen LogP contribution in [0, 0.1) is 0 Å². The summed E-state index contributed by atoms with van der Waals surface area (Å²) in [6, 6.07) is 29.9. The molecule has 45 heavy (non-hydrogen) atoms. The molecule has 0 aliphatic heterocycles. The number of nitrogens with two attached hydrogens (primary N) is 2. The summed E-state index contributed by atoms with van der Waals surface area (Å²) in [4.78, 5) is 25.5. The number of nitrogens with zero attached hydrogens (tertiary/aromatic N) is 4. The van der Waals surface area contributed by atoms with E-state index >= 15 is 0 Å². The van der Waals surface area contributed by atoms with Gasteiger partial charge in [-0.15, -0.1) is 0 Å². The van der Waals surface area contributed by atoms with Crippen LogP contribution in [0.2, 0.25) is 0 Å². The summed E-state index contributed by atoms with van der Waals surface area (Å²) in [5, 5.41) is 0. The van der Waals surface area contributed by atoms with E-state index < -0.39 is 0 Å². The molecule has 0 bridgehead atoms. The Hall–Kier alpha value is -5.24. The van der Waals surface area contributed by atoms with Crippen LogP contribution in [0.25, 0.3) is 44.8 Å². The molecule has 2 aromatic heterocycles. The maximum absolute atomic E-state index is 6.19. The van der Waals surface area contributed by atoms with Crippen LogP contribution >= 0.6 is 0 Å². The molecule has 0 amide bonds. The fraction of sp³-hybridized carbons (Fsp3) is 0.243. The quantitative estimate of drug-likeness (QED) is 0.109. The highest BCUT2D eigenvalue weighted by Gasteiger charge is 2.39. The van der Waals surface area contributed by atoms with E-state index in [9.17, 15) is 0 Å². The zero-order valence-electron chi connectivity index (χ0n) is 26.0. The van der Waals surface area contributed by atoms with Crippen LogP contribution in [0.5, 0.6) is 0 Å². The second kappa shape index (κ2) is 11.4. The van der Waals surface area contributed by atoms with Gasteiger partial charge < -0.3 is 21.4 Å². The predicted octanol–water partition coefficient (Wildman–Crippen LogP) is 7.27. The van der Waals surface area contributed by atoms with Crippen molar-refractivity contribution in [1.29, 1.82) is 0 Å². The first-order chi connectivity index (χ1) is 21.7. The van der Waals surface area contributed by atoms with Gasteiger partial charge >= 0.3 is 0 Å². The van der Waals surface area contributed by atoms with E-state index in [0.717, 1.165) is 62.4 Å². The van der Waals surface area contributed by atoms with E-state index in [4.69, 9.17) is 21.4 Å². The molecule has 2 heterocycles. The number of amidine groups is 2. The molecule has 1 saturated carbocycles. The second-order valence-corrected chi connectivity index (χ2v) is 12.5. The van der Waals surface area contributed by atoms with Gasteiger partial charge in [-0.2, -0.15) is 0 Å². The molecule has 226 valence electrons. The minimum absolute atomic E-state index is 0.148. The summed E-state index contributed by atoms with van der Waals surface area (Å²) in [7, 11) is 0. The molecule has 1 aliphatic rings. The molecule has 4 aromatic carbocycles. The minimum Gasteiger partial charge on any atom is -0.383 e.